The molecule has 0 saturated carbocycles. The van der Waals surface area contributed by atoms with Crippen LogP contribution in [0, 0.1) is 6.92 Å². The van der Waals surface area contributed by atoms with Crippen LogP contribution in [0.1, 0.15) is 36.9 Å². The van der Waals surface area contributed by atoms with Gasteiger partial charge in [-0.2, -0.15) is 5.10 Å². The third-order valence-electron chi connectivity index (χ3n) is 4.55. The fourth-order valence-corrected chi connectivity index (χ4v) is 3.43. The second kappa shape index (κ2) is 8.63. The lowest BCUT2D eigenvalue weighted by molar-refractivity contribution is -0.116. The molecule has 0 spiro atoms. The van der Waals surface area contributed by atoms with Gasteiger partial charge in [-0.15, -0.1) is 0 Å². The number of rotatable bonds is 6. The van der Waals surface area contributed by atoms with Gasteiger partial charge in [0.15, 0.2) is 0 Å². The predicted octanol–water partition coefficient (Wildman–Crippen LogP) is 3.97. The van der Waals surface area contributed by atoms with Crippen molar-refractivity contribution in [2.24, 2.45) is 0 Å². The van der Waals surface area contributed by atoms with E-state index in [1.165, 1.54) is 37.9 Å². The van der Waals surface area contributed by atoms with Crippen molar-refractivity contribution in [2.75, 3.05) is 18.4 Å². The molecule has 5 nitrogen and oxygen atoms in total. The monoisotopic (exact) mass is 404 g/mol. The predicted molar refractivity (Wildman–Crippen MR) is 103 cm³/mol. The number of aryl methyl sites for hydroxylation is 2. The molecule has 1 amide bonds. The lowest BCUT2D eigenvalue weighted by atomic mass is 10.1. The van der Waals surface area contributed by atoms with Crippen molar-refractivity contribution >= 4 is 27.5 Å². The number of amides is 1. The van der Waals surface area contributed by atoms with E-state index in [1.54, 1.807) is 4.68 Å². The third kappa shape index (κ3) is 5.41. The van der Waals surface area contributed by atoms with Crippen molar-refractivity contribution in [3.63, 3.8) is 0 Å². The molecule has 0 bridgehead atoms. The van der Waals surface area contributed by atoms with Crippen molar-refractivity contribution in [1.82, 2.24) is 14.7 Å². The molecule has 1 saturated heterocycles. The number of anilines is 1. The van der Waals surface area contributed by atoms with Gasteiger partial charge in [-0.1, -0.05) is 18.6 Å². The first-order chi connectivity index (χ1) is 12.1. The third-order valence-corrected chi connectivity index (χ3v) is 5.33. The van der Waals surface area contributed by atoms with Crippen LogP contribution in [0.3, 0.4) is 0 Å². The Morgan fingerprint density at radius 3 is 2.56 bits per heavy atom. The van der Waals surface area contributed by atoms with E-state index in [1.807, 2.05) is 25.3 Å². The van der Waals surface area contributed by atoms with E-state index in [9.17, 15) is 4.79 Å². The average molecular weight is 405 g/mol. The summed E-state index contributed by atoms with van der Waals surface area (Å²) in [5.41, 5.74) is 3.09. The Bertz CT molecular complexity index is 685. The van der Waals surface area contributed by atoms with E-state index in [0.717, 1.165) is 22.4 Å². The number of hydrogen-bond acceptors (Lipinski definition) is 3. The Labute approximate surface area is 157 Å². The molecule has 1 aliphatic rings. The molecule has 1 fully saturated rings. The molecule has 1 N–H and O–H groups in total. The summed E-state index contributed by atoms with van der Waals surface area (Å²) in [5, 5.41) is 7.30. The number of halogens is 1. The summed E-state index contributed by atoms with van der Waals surface area (Å²) >= 11 is 3.43. The van der Waals surface area contributed by atoms with Crippen molar-refractivity contribution in [3.05, 3.63) is 46.2 Å². The van der Waals surface area contributed by atoms with E-state index in [2.05, 4.69) is 43.4 Å². The molecule has 2 aromatic rings. The van der Waals surface area contributed by atoms with Crippen molar-refractivity contribution in [1.29, 1.82) is 0 Å². The molecule has 0 unspecified atom stereocenters. The normalized spacial score (nSPS) is 15.3. The summed E-state index contributed by atoms with van der Waals surface area (Å²) in [4.78, 5) is 14.6. The second-order valence-corrected chi connectivity index (χ2v) is 7.51. The van der Waals surface area contributed by atoms with E-state index in [0.29, 0.717) is 13.0 Å². The quantitative estimate of drug-likeness (QED) is 0.791. The molecular formula is C19H25BrN4O. The summed E-state index contributed by atoms with van der Waals surface area (Å²) in [7, 11) is 0. The van der Waals surface area contributed by atoms with Crippen molar-refractivity contribution in [3.8, 4) is 0 Å². The van der Waals surface area contributed by atoms with E-state index >= 15 is 0 Å². The molecule has 3 rings (SSSR count). The van der Waals surface area contributed by atoms with Crippen molar-refractivity contribution < 1.29 is 4.79 Å². The van der Waals surface area contributed by atoms with Gasteiger partial charge < -0.3 is 5.32 Å². The number of piperidine rings is 1. The second-order valence-electron chi connectivity index (χ2n) is 6.66. The SMILES string of the molecule is Cc1nn(CCC(=O)Nc2ccc(CN3CCCCC3)cc2)cc1Br. The molecule has 0 aliphatic carbocycles. The first-order valence-corrected chi connectivity index (χ1v) is 9.70. The Balaban J connectivity index is 1.46. The van der Waals surface area contributed by atoms with Crippen LogP contribution in [0.15, 0.2) is 34.9 Å². The smallest absolute Gasteiger partial charge is 0.226 e. The number of carbonyl (C=O) groups excluding carboxylic acids is 1. The minimum atomic E-state index is 0.00746. The molecule has 1 aromatic heterocycles. The number of benzene rings is 1. The van der Waals surface area contributed by atoms with Gasteiger partial charge in [0, 0.05) is 31.4 Å². The average Bonchev–Trinajstić information content (AvgIpc) is 2.94. The minimum absolute atomic E-state index is 0.00746. The Kier molecular flexibility index (Phi) is 6.26. The molecule has 1 aromatic carbocycles. The van der Waals surface area contributed by atoms with E-state index in [4.69, 9.17) is 0 Å². The van der Waals surface area contributed by atoms with Gasteiger partial charge in [-0.05, 0) is 66.5 Å². The zero-order chi connectivity index (χ0) is 17.6. The van der Waals surface area contributed by atoms with E-state index < -0.39 is 0 Å². The van der Waals surface area contributed by atoms with Gasteiger partial charge in [0.25, 0.3) is 0 Å². The summed E-state index contributed by atoms with van der Waals surface area (Å²) in [6.45, 7) is 5.90. The van der Waals surface area contributed by atoms with Crippen LogP contribution in [0.25, 0.3) is 0 Å². The maximum absolute atomic E-state index is 12.1. The minimum Gasteiger partial charge on any atom is -0.326 e. The lowest BCUT2D eigenvalue weighted by Gasteiger charge is -2.26. The van der Waals surface area contributed by atoms with E-state index in [-0.39, 0.29) is 5.91 Å². The number of likely N-dealkylation sites (tertiary alicyclic amines) is 1. The van der Waals surface area contributed by atoms with Crippen LogP contribution >= 0.6 is 15.9 Å². The van der Waals surface area contributed by atoms with Gasteiger partial charge in [0.05, 0.1) is 10.2 Å². The lowest BCUT2D eigenvalue weighted by Crippen LogP contribution is -2.29. The molecule has 0 radical (unpaired) electrons. The molecule has 1 aliphatic heterocycles. The summed E-state index contributed by atoms with van der Waals surface area (Å²) in [6.07, 6.45) is 6.28. The van der Waals surface area contributed by atoms with Crippen LogP contribution in [-0.2, 0) is 17.9 Å². The van der Waals surface area contributed by atoms with Crippen molar-refractivity contribution in [2.45, 2.75) is 45.7 Å². The Hall–Kier alpha value is -1.66. The molecule has 134 valence electrons. The summed E-state index contributed by atoms with van der Waals surface area (Å²) in [5.74, 6) is 0.00746. The van der Waals surface area contributed by atoms with Gasteiger partial charge in [-0.3, -0.25) is 14.4 Å². The van der Waals surface area contributed by atoms with Crippen LogP contribution in [-0.4, -0.2) is 33.7 Å². The fourth-order valence-electron chi connectivity index (χ4n) is 3.12. The first-order valence-electron chi connectivity index (χ1n) is 8.91. The zero-order valence-electron chi connectivity index (χ0n) is 14.7. The van der Waals surface area contributed by atoms with Gasteiger partial charge in [0.2, 0.25) is 5.91 Å². The highest BCUT2D eigenvalue weighted by atomic mass is 79.9. The fraction of sp³-hybridized carbons (Fsp3) is 0.474. The number of aromatic nitrogens is 2. The van der Waals surface area contributed by atoms with Gasteiger partial charge >= 0.3 is 0 Å². The maximum atomic E-state index is 12.1. The molecular weight excluding hydrogens is 380 g/mol. The molecule has 2 heterocycles. The van der Waals surface area contributed by atoms with Crippen LogP contribution in [0.5, 0.6) is 0 Å². The van der Waals surface area contributed by atoms with Gasteiger partial charge in [-0.25, -0.2) is 0 Å². The summed E-state index contributed by atoms with van der Waals surface area (Å²) in [6, 6.07) is 8.20. The van der Waals surface area contributed by atoms with Crippen LogP contribution < -0.4 is 5.32 Å². The highest BCUT2D eigenvalue weighted by Gasteiger charge is 2.10. The Morgan fingerprint density at radius 1 is 1.20 bits per heavy atom. The Morgan fingerprint density at radius 2 is 1.92 bits per heavy atom. The first kappa shape index (κ1) is 18.1. The van der Waals surface area contributed by atoms with Crippen LogP contribution in [0.2, 0.25) is 0 Å². The zero-order valence-corrected chi connectivity index (χ0v) is 16.3. The highest BCUT2D eigenvalue weighted by Crippen LogP contribution is 2.16. The van der Waals surface area contributed by atoms with Crippen LogP contribution in [0.4, 0.5) is 5.69 Å². The standard InChI is InChI=1S/C19H25BrN4O/c1-15-18(20)14-24(22-15)12-9-19(25)21-17-7-5-16(6-8-17)13-23-10-3-2-4-11-23/h5-8,14H,2-4,9-13H2,1H3,(H,21,25). The molecule has 6 heteroatoms. The number of nitrogens with one attached hydrogen (secondary N) is 1. The number of hydrogen-bond donors (Lipinski definition) is 1. The number of nitrogens with zero attached hydrogens (tertiary/aromatic N) is 3. The maximum Gasteiger partial charge on any atom is 0.226 e. The van der Waals surface area contributed by atoms with Gasteiger partial charge in [0.1, 0.15) is 0 Å². The molecule has 0 atom stereocenters. The topological polar surface area (TPSA) is 50.2 Å². The largest absolute Gasteiger partial charge is 0.326 e. The highest BCUT2D eigenvalue weighted by molar-refractivity contribution is 9.10. The summed E-state index contributed by atoms with van der Waals surface area (Å²) < 4.78 is 2.76. The molecule has 25 heavy (non-hydrogen) atoms. The number of carbonyl (C=O) groups is 1.